The molecule has 1 spiro atoms. The third kappa shape index (κ3) is 2.79. The number of aryl methyl sites for hydroxylation is 1. The second kappa shape index (κ2) is 5.65. The van der Waals surface area contributed by atoms with Crippen molar-refractivity contribution in [2.75, 3.05) is 13.1 Å². The van der Waals surface area contributed by atoms with Crippen LogP contribution in [0, 0.1) is 12.3 Å². The van der Waals surface area contributed by atoms with Gasteiger partial charge >= 0.3 is 0 Å². The van der Waals surface area contributed by atoms with Crippen molar-refractivity contribution in [2.24, 2.45) is 5.41 Å². The van der Waals surface area contributed by atoms with E-state index in [9.17, 15) is 13.5 Å². The first-order chi connectivity index (χ1) is 9.97. The highest BCUT2D eigenvalue weighted by molar-refractivity contribution is 7.91. The molecule has 0 radical (unpaired) electrons. The number of hydrogen-bond donors (Lipinski definition) is 1. The largest absolute Gasteiger partial charge is 0.391 e. The van der Waals surface area contributed by atoms with Crippen molar-refractivity contribution in [1.82, 2.24) is 4.31 Å². The number of aliphatic hydroxyl groups excluding tert-OH is 1. The second-order valence-electron chi connectivity index (χ2n) is 6.44. The molecule has 2 heterocycles. The average Bonchev–Trinajstić information content (AvgIpc) is 3.07. The first kappa shape index (κ1) is 15.5. The van der Waals surface area contributed by atoms with E-state index in [1.54, 1.807) is 10.4 Å². The number of sulfonamides is 1. The molecule has 2 aliphatic rings. The fourth-order valence-electron chi connectivity index (χ4n) is 3.73. The van der Waals surface area contributed by atoms with E-state index in [0.717, 1.165) is 23.3 Å². The molecule has 0 aromatic carbocycles. The van der Waals surface area contributed by atoms with E-state index >= 15 is 0 Å². The van der Waals surface area contributed by atoms with Gasteiger partial charge in [-0.3, -0.25) is 0 Å². The number of rotatable bonds is 3. The number of thiophene rings is 1. The van der Waals surface area contributed by atoms with Crippen LogP contribution in [0.5, 0.6) is 0 Å². The predicted molar refractivity (Wildman–Crippen MR) is 83.9 cm³/mol. The molecule has 0 bridgehead atoms. The summed E-state index contributed by atoms with van der Waals surface area (Å²) in [5, 5.41) is 9.25. The molecule has 0 amide bonds. The fraction of sp³-hybridized carbons (Fsp3) is 0.733. The summed E-state index contributed by atoms with van der Waals surface area (Å²) in [6.07, 6.45) is 7.15. The summed E-state index contributed by atoms with van der Waals surface area (Å²) in [4.78, 5) is 0.748. The molecule has 2 fully saturated rings. The third-order valence-corrected chi connectivity index (χ3v) is 8.75. The van der Waals surface area contributed by atoms with Gasteiger partial charge in [-0.15, -0.1) is 11.3 Å². The van der Waals surface area contributed by atoms with Crippen molar-refractivity contribution < 1.29 is 13.5 Å². The maximum absolute atomic E-state index is 12.7. The lowest BCUT2D eigenvalue weighted by Crippen LogP contribution is -2.41. The van der Waals surface area contributed by atoms with Gasteiger partial charge in [0.2, 0.25) is 0 Å². The summed E-state index contributed by atoms with van der Waals surface area (Å²) in [5.74, 6) is 0. The lowest BCUT2D eigenvalue weighted by Gasteiger charge is -2.38. The van der Waals surface area contributed by atoms with Gasteiger partial charge in [0.15, 0.2) is 0 Å². The standard InChI is InChI=1S/C15H23NO3S2/c1-12-10-14(20-13(12)11-17)21(18,19)16-8-6-15(7-9-16)4-2-3-5-15/h10,17H,2-9,11H2,1H3. The SMILES string of the molecule is Cc1cc(S(=O)(=O)N2CCC3(CCCC3)CC2)sc1CO. The van der Waals surface area contributed by atoms with E-state index in [2.05, 4.69) is 0 Å². The Morgan fingerprint density at radius 2 is 1.86 bits per heavy atom. The van der Waals surface area contributed by atoms with Crippen molar-refractivity contribution in [3.8, 4) is 0 Å². The summed E-state index contributed by atoms with van der Waals surface area (Å²) < 4.78 is 27.5. The number of aliphatic hydroxyl groups is 1. The van der Waals surface area contributed by atoms with Crippen molar-refractivity contribution >= 4 is 21.4 Å². The van der Waals surface area contributed by atoms with Crippen LogP contribution in [0.2, 0.25) is 0 Å². The summed E-state index contributed by atoms with van der Waals surface area (Å²) >= 11 is 1.20. The highest BCUT2D eigenvalue weighted by Gasteiger charge is 2.40. The van der Waals surface area contributed by atoms with Crippen LogP contribution in [0.3, 0.4) is 0 Å². The van der Waals surface area contributed by atoms with Gasteiger partial charge in [-0.05, 0) is 49.7 Å². The van der Waals surface area contributed by atoms with Crippen molar-refractivity contribution in [1.29, 1.82) is 0 Å². The molecular formula is C15H23NO3S2. The molecule has 0 unspecified atom stereocenters. The molecule has 118 valence electrons. The molecule has 6 heteroatoms. The zero-order chi connectivity index (χ0) is 15.1. The van der Waals surface area contributed by atoms with E-state index in [4.69, 9.17) is 0 Å². The summed E-state index contributed by atoms with van der Waals surface area (Å²) in [6, 6.07) is 1.70. The smallest absolute Gasteiger partial charge is 0.252 e. The van der Waals surface area contributed by atoms with Crippen molar-refractivity contribution in [2.45, 2.75) is 56.3 Å². The molecule has 1 aliphatic heterocycles. The van der Waals surface area contributed by atoms with Crippen LogP contribution < -0.4 is 0 Å². The third-order valence-electron chi connectivity index (χ3n) is 5.18. The van der Waals surface area contributed by atoms with Crippen LogP contribution in [0.25, 0.3) is 0 Å². The minimum atomic E-state index is -3.38. The molecule has 1 aromatic rings. The van der Waals surface area contributed by atoms with E-state index < -0.39 is 10.0 Å². The molecule has 4 nitrogen and oxygen atoms in total. The average molecular weight is 329 g/mol. The minimum absolute atomic E-state index is 0.0882. The van der Waals surface area contributed by atoms with Gasteiger partial charge in [-0.25, -0.2) is 8.42 Å². The maximum atomic E-state index is 12.7. The lowest BCUT2D eigenvalue weighted by molar-refractivity contribution is 0.160. The molecule has 21 heavy (non-hydrogen) atoms. The molecule has 1 aliphatic carbocycles. The summed E-state index contributed by atoms with van der Waals surface area (Å²) in [5.41, 5.74) is 1.29. The van der Waals surface area contributed by atoms with Crippen LogP contribution >= 0.6 is 11.3 Å². The quantitative estimate of drug-likeness (QED) is 0.927. The Bertz CT molecular complexity index is 605. The zero-order valence-corrected chi connectivity index (χ0v) is 14.1. The molecule has 1 N–H and O–H groups in total. The first-order valence-electron chi connectivity index (χ1n) is 7.67. The highest BCUT2D eigenvalue weighted by Crippen LogP contribution is 2.47. The Balaban J connectivity index is 1.76. The van der Waals surface area contributed by atoms with Gasteiger partial charge in [0, 0.05) is 18.0 Å². The number of hydrogen-bond acceptors (Lipinski definition) is 4. The fourth-order valence-corrected chi connectivity index (χ4v) is 6.77. The normalized spacial score (nSPS) is 23.0. The van der Waals surface area contributed by atoms with E-state index in [-0.39, 0.29) is 6.61 Å². The van der Waals surface area contributed by atoms with Gasteiger partial charge in [0.1, 0.15) is 4.21 Å². The van der Waals surface area contributed by atoms with Crippen LogP contribution in [-0.2, 0) is 16.6 Å². The van der Waals surface area contributed by atoms with Crippen LogP contribution in [-0.4, -0.2) is 30.9 Å². The Labute approximate surface area is 130 Å². The zero-order valence-electron chi connectivity index (χ0n) is 12.5. The monoisotopic (exact) mass is 329 g/mol. The Hall–Kier alpha value is -0.430. The molecular weight excluding hydrogens is 306 g/mol. The van der Waals surface area contributed by atoms with Gasteiger partial charge in [0.05, 0.1) is 6.61 Å². The van der Waals surface area contributed by atoms with E-state index in [1.165, 1.54) is 37.0 Å². The topological polar surface area (TPSA) is 57.6 Å². The molecule has 0 atom stereocenters. The molecule has 1 saturated heterocycles. The summed E-state index contributed by atoms with van der Waals surface area (Å²) in [6.45, 7) is 3.06. The Morgan fingerprint density at radius 3 is 2.38 bits per heavy atom. The van der Waals surface area contributed by atoms with Crippen LogP contribution in [0.1, 0.15) is 49.0 Å². The first-order valence-corrected chi connectivity index (χ1v) is 9.93. The Morgan fingerprint density at radius 1 is 1.24 bits per heavy atom. The van der Waals surface area contributed by atoms with Gasteiger partial charge < -0.3 is 5.11 Å². The molecule has 1 aromatic heterocycles. The minimum Gasteiger partial charge on any atom is -0.391 e. The second-order valence-corrected chi connectivity index (χ2v) is 9.74. The number of piperidine rings is 1. The maximum Gasteiger partial charge on any atom is 0.252 e. The van der Waals surface area contributed by atoms with E-state index in [1.807, 2.05) is 6.92 Å². The van der Waals surface area contributed by atoms with Crippen molar-refractivity contribution in [3.63, 3.8) is 0 Å². The van der Waals surface area contributed by atoms with Crippen LogP contribution in [0.4, 0.5) is 0 Å². The molecule has 1 saturated carbocycles. The molecule has 3 rings (SSSR count). The van der Waals surface area contributed by atoms with Crippen LogP contribution in [0.15, 0.2) is 10.3 Å². The van der Waals surface area contributed by atoms with Gasteiger partial charge in [-0.2, -0.15) is 4.31 Å². The predicted octanol–water partition coefficient (Wildman–Crippen LogP) is 2.89. The van der Waals surface area contributed by atoms with Gasteiger partial charge in [-0.1, -0.05) is 12.8 Å². The van der Waals surface area contributed by atoms with Gasteiger partial charge in [0.25, 0.3) is 10.0 Å². The highest BCUT2D eigenvalue weighted by atomic mass is 32.2. The van der Waals surface area contributed by atoms with E-state index in [0.29, 0.717) is 22.7 Å². The summed E-state index contributed by atoms with van der Waals surface area (Å²) in [7, 11) is -3.38. The lowest BCUT2D eigenvalue weighted by atomic mass is 9.78. The van der Waals surface area contributed by atoms with Crippen molar-refractivity contribution in [3.05, 3.63) is 16.5 Å². The number of nitrogens with zero attached hydrogens (tertiary/aromatic N) is 1. The Kier molecular flexibility index (Phi) is 4.16.